The van der Waals surface area contributed by atoms with Crippen LogP contribution in [-0.4, -0.2) is 22.4 Å². The number of nitrogen functional groups attached to an aromatic ring is 1. The number of aryl methyl sites for hydroxylation is 1. The largest absolute Gasteiger partial charge is 0.368 e. The molecule has 0 atom stereocenters. The molecule has 2 heterocycles. The van der Waals surface area contributed by atoms with Gasteiger partial charge in [0.15, 0.2) is 5.65 Å². The molecule has 0 saturated carbocycles. The van der Waals surface area contributed by atoms with Crippen LogP contribution in [0, 0.1) is 13.8 Å². The molecule has 0 unspecified atom stereocenters. The SMILES string of the molecule is Cc1ccc(S(=O)(=O)n2c(C)c(C(C)C)c3c(-c4ccccc4)nc(N)nc32)cc1. The first kappa shape index (κ1) is 20.1. The lowest BCUT2D eigenvalue weighted by Gasteiger charge is -2.11. The molecule has 0 aliphatic carbocycles. The maximum absolute atomic E-state index is 13.6. The number of nitrogens with two attached hydrogens (primary N) is 1. The summed E-state index contributed by atoms with van der Waals surface area (Å²) in [5, 5.41) is 0.721. The Labute approximate surface area is 176 Å². The van der Waals surface area contributed by atoms with E-state index in [0.29, 0.717) is 17.0 Å². The van der Waals surface area contributed by atoms with Gasteiger partial charge in [-0.15, -0.1) is 0 Å². The third kappa shape index (κ3) is 3.15. The minimum atomic E-state index is -3.87. The molecule has 2 aromatic carbocycles. The minimum absolute atomic E-state index is 0.0366. The Bertz CT molecular complexity index is 1340. The maximum Gasteiger partial charge on any atom is 0.269 e. The highest BCUT2D eigenvalue weighted by Gasteiger charge is 2.29. The van der Waals surface area contributed by atoms with Crippen LogP contribution in [0.3, 0.4) is 0 Å². The molecule has 7 heteroatoms. The highest BCUT2D eigenvalue weighted by atomic mass is 32.2. The van der Waals surface area contributed by atoms with Crippen molar-refractivity contribution in [2.45, 2.75) is 38.5 Å². The van der Waals surface area contributed by atoms with Crippen molar-refractivity contribution >= 4 is 27.0 Å². The van der Waals surface area contributed by atoms with Crippen molar-refractivity contribution < 1.29 is 8.42 Å². The van der Waals surface area contributed by atoms with Crippen molar-refractivity contribution in [1.29, 1.82) is 0 Å². The number of nitrogens with zero attached hydrogens (tertiary/aromatic N) is 3. The summed E-state index contributed by atoms with van der Waals surface area (Å²) in [6.07, 6.45) is 0. The molecule has 4 rings (SSSR count). The van der Waals surface area contributed by atoms with Crippen LogP contribution in [0.25, 0.3) is 22.3 Å². The topological polar surface area (TPSA) is 90.9 Å². The molecule has 0 bridgehead atoms. The van der Waals surface area contributed by atoms with E-state index in [0.717, 1.165) is 22.1 Å². The molecule has 0 radical (unpaired) electrons. The molecule has 0 saturated heterocycles. The molecule has 30 heavy (non-hydrogen) atoms. The summed E-state index contributed by atoms with van der Waals surface area (Å²) in [5.41, 5.74) is 10.4. The maximum atomic E-state index is 13.6. The third-order valence-corrected chi connectivity index (χ3v) is 7.04. The molecule has 2 aromatic heterocycles. The highest BCUT2D eigenvalue weighted by molar-refractivity contribution is 7.90. The van der Waals surface area contributed by atoms with E-state index < -0.39 is 10.0 Å². The molecule has 0 spiro atoms. The van der Waals surface area contributed by atoms with Crippen LogP contribution in [0.1, 0.15) is 36.6 Å². The summed E-state index contributed by atoms with van der Waals surface area (Å²) in [4.78, 5) is 9.09. The van der Waals surface area contributed by atoms with Crippen molar-refractivity contribution in [1.82, 2.24) is 13.9 Å². The smallest absolute Gasteiger partial charge is 0.269 e. The van der Waals surface area contributed by atoms with Crippen molar-refractivity contribution in [3.8, 4) is 11.3 Å². The van der Waals surface area contributed by atoms with E-state index in [1.807, 2.05) is 58.0 Å². The fourth-order valence-electron chi connectivity index (χ4n) is 3.93. The van der Waals surface area contributed by atoms with Gasteiger partial charge in [0.1, 0.15) is 0 Å². The van der Waals surface area contributed by atoms with Gasteiger partial charge in [0.05, 0.1) is 16.0 Å². The number of benzene rings is 2. The van der Waals surface area contributed by atoms with Gasteiger partial charge in [0.25, 0.3) is 10.0 Å². The van der Waals surface area contributed by atoms with Gasteiger partial charge in [-0.05, 0) is 37.5 Å². The van der Waals surface area contributed by atoms with Crippen molar-refractivity contribution in [3.63, 3.8) is 0 Å². The number of anilines is 1. The van der Waals surface area contributed by atoms with Crippen LogP contribution >= 0.6 is 0 Å². The van der Waals surface area contributed by atoms with E-state index in [1.54, 1.807) is 24.3 Å². The summed E-state index contributed by atoms with van der Waals surface area (Å²) in [5.74, 6) is 0.103. The number of hydrogen-bond donors (Lipinski definition) is 1. The normalized spacial score (nSPS) is 12.0. The fourth-order valence-corrected chi connectivity index (χ4v) is 5.44. The number of hydrogen-bond acceptors (Lipinski definition) is 5. The molecule has 0 amide bonds. The molecular weight excluding hydrogens is 396 g/mol. The zero-order valence-electron chi connectivity index (χ0n) is 17.4. The lowest BCUT2D eigenvalue weighted by molar-refractivity contribution is 0.587. The van der Waals surface area contributed by atoms with E-state index in [-0.39, 0.29) is 16.8 Å². The van der Waals surface area contributed by atoms with Crippen molar-refractivity contribution in [2.24, 2.45) is 0 Å². The average molecular weight is 421 g/mol. The molecular formula is C23H24N4O2S. The third-order valence-electron chi connectivity index (χ3n) is 5.25. The summed E-state index contributed by atoms with van der Waals surface area (Å²) in [6.45, 7) is 7.81. The Morgan fingerprint density at radius 3 is 2.17 bits per heavy atom. The first-order valence-corrected chi connectivity index (χ1v) is 11.2. The van der Waals surface area contributed by atoms with Crippen LogP contribution in [-0.2, 0) is 10.0 Å². The van der Waals surface area contributed by atoms with Gasteiger partial charge in [-0.1, -0.05) is 61.9 Å². The van der Waals surface area contributed by atoms with Crippen LogP contribution in [0.4, 0.5) is 5.95 Å². The summed E-state index contributed by atoms with van der Waals surface area (Å²) in [7, 11) is -3.87. The molecule has 154 valence electrons. The van der Waals surface area contributed by atoms with Crippen molar-refractivity contribution in [3.05, 3.63) is 71.4 Å². The first-order valence-electron chi connectivity index (χ1n) is 9.78. The second-order valence-electron chi connectivity index (χ2n) is 7.73. The van der Waals surface area contributed by atoms with Crippen LogP contribution in [0.5, 0.6) is 0 Å². The van der Waals surface area contributed by atoms with Crippen LogP contribution in [0.2, 0.25) is 0 Å². The zero-order chi connectivity index (χ0) is 21.6. The lowest BCUT2D eigenvalue weighted by Crippen LogP contribution is -2.15. The summed E-state index contributed by atoms with van der Waals surface area (Å²) >= 11 is 0. The van der Waals surface area contributed by atoms with Gasteiger partial charge >= 0.3 is 0 Å². The van der Waals surface area contributed by atoms with Gasteiger partial charge in [-0.2, -0.15) is 4.98 Å². The highest BCUT2D eigenvalue weighted by Crippen LogP contribution is 2.38. The zero-order valence-corrected chi connectivity index (χ0v) is 18.2. The Morgan fingerprint density at radius 2 is 1.57 bits per heavy atom. The second-order valence-corrected chi connectivity index (χ2v) is 9.52. The lowest BCUT2D eigenvalue weighted by atomic mass is 9.97. The number of aromatic nitrogens is 3. The van der Waals surface area contributed by atoms with E-state index in [2.05, 4.69) is 9.97 Å². The van der Waals surface area contributed by atoms with E-state index in [9.17, 15) is 8.42 Å². The summed E-state index contributed by atoms with van der Waals surface area (Å²) < 4.78 is 28.6. The number of fused-ring (bicyclic) bond motifs is 1. The molecule has 2 N–H and O–H groups in total. The van der Waals surface area contributed by atoms with Gasteiger partial charge < -0.3 is 5.73 Å². The van der Waals surface area contributed by atoms with Crippen LogP contribution in [0.15, 0.2) is 59.5 Å². The minimum Gasteiger partial charge on any atom is -0.368 e. The standard InChI is InChI=1S/C23H24N4O2S/c1-14(2)19-16(4)27(30(28,29)18-12-10-15(3)11-13-18)22-20(19)21(25-23(24)26-22)17-8-6-5-7-9-17/h5-14H,1-4H3,(H2,24,25,26). The Kier molecular flexibility index (Phi) is 4.86. The predicted octanol–water partition coefficient (Wildman–Crippen LogP) is 4.66. The molecule has 4 aromatic rings. The monoisotopic (exact) mass is 420 g/mol. The Morgan fingerprint density at radius 1 is 0.933 bits per heavy atom. The Balaban J connectivity index is 2.14. The van der Waals surface area contributed by atoms with Gasteiger partial charge in [-0.3, -0.25) is 0 Å². The van der Waals surface area contributed by atoms with E-state index >= 15 is 0 Å². The van der Waals surface area contributed by atoms with E-state index in [1.165, 1.54) is 3.97 Å². The van der Waals surface area contributed by atoms with Gasteiger partial charge in [0, 0.05) is 11.3 Å². The van der Waals surface area contributed by atoms with Gasteiger partial charge in [0.2, 0.25) is 5.95 Å². The predicted molar refractivity (Wildman–Crippen MR) is 120 cm³/mol. The van der Waals surface area contributed by atoms with Crippen molar-refractivity contribution in [2.75, 3.05) is 5.73 Å². The average Bonchev–Trinajstić information content (AvgIpc) is 3.00. The molecule has 0 aliphatic heterocycles. The fraction of sp³-hybridized carbons (Fsp3) is 0.217. The molecule has 6 nitrogen and oxygen atoms in total. The number of rotatable bonds is 4. The quantitative estimate of drug-likeness (QED) is 0.519. The molecule has 0 fully saturated rings. The Hall–Kier alpha value is -3.19. The second kappa shape index (κ2) is 7.25. The van der Waals surface area contributed by atoms with Gasteiger partial charge in [-0.25, -0.2) is 17.4 Å². The first-order chi connectivity index (χ1) is 14.2. The van der Waals surface area contributed by atoms with E-state index in [4.69, 9.17) is 5.73 Å². The molecule has 0 aliphatic rings. The van der Waals surface area contributed by atoms with Crippen LogP contribution < -0.4 is 5.73 Å². The summed E-state index contributed by atoms with van der Waals surface area (Å²) in [6, 6.07) is 16.4.